The molecule has 1 unspecified atom stereocenters. The van der Waals surface area contributed by atoms with Crippen LogP contribution in [0.25, 0.3) is 0 Å². The molecule has 0 bridgehead atoms. The summed E-state index contributed by atoms with van der Waals surface area (Å²) in [5.74, 6) is 0.138. The Morgan fingerprint density at radius 3 is 2.92 bits per heavy atom. The van der Waals surface area contributed by atoms with Crippen molar-refractivity contribution in [3.63, 3.8) is 0 Å². The molecule has 13 heavy (non-hydrogen) atoms. The first-order chi connectivity index (χ1) is 6.16. The third-order valence-electron chi connectivity index (χ3n) is 2.44. The van der Waals surface area contributed by atoms with E-state index in [-0.39, 0.29) is 11.5 Å². The van der Waals surface area contributed by atoms with Crippen molar-refractivity contribution in [1.29, 1.82) is 0 Å². The molecule has 0 aliphatic carbocycles. The number of rotatable bonds is 4. The number of carbonyl (C=O) groups is 1. The number of carbonyl (C=O) groups excluding carboxylic acids is 1. The van der Waals surface area contributed by atoms with Gasteiger partial charge in [-0.25, -0.2) is 0 Å². The van der Waals surface area contributed by atoms with Crippen LogP contribution in [0.15, 0.2) is 0 Å². The van der Waals surface area contributed by atoms with E-state index >= 15 is 0 Å². The summed E-state index contributed by atoms with van der Waals surface area (Å²) in [5, 5.41) is 2.90. The molecule has 76 valence electrons. The Kier molecular flexibility index (Phi) is 3.72. The van der Waals surface area contributed by atoms with Crippen molar-refractivity contribution in [3.8, 4) is 0 Å². The van der Waals surface area contributed by atoms with E-state index in [2.05, 4.69) is 12.2 Å². The molecule has 0 saturated carbocycles. The first-order valence-corrected chi connectivity index (χ1v) is 5.07. The zero-order chi connectivity index (χ0) is 9.73. The van der Waals surface area contributed by atoms with Crippen molar-refractivity contribution >= 4 is 5.91 Å². The monoisotopic (exact) mass is 185 g/mol. The minimum Gasteiger partial charge on any atom is -0.373 e. The molecule has 0 aromatic heterocycles. The predicted octanol–water partition coefficient (Wildman–Crippen LogP) is 1.47. The summed E-state index contributed by atoms with van der Waals surface area (Å²) in [5.41, 5.74) is -0.108. The predicted molar refractivity (Wildman–Crippen MR) is 51.5 cm³/mol. The molecule has 3 nitrogen and oxygen atoms in total. The fourth-order valence-electron chi connectivity index (χ4n) is 1.58. The molecule has 0 spiro atoms. The van der Waals surface area contributed by atoms with Crippen molar-refractivity contribution in [3.05, 3.63) is 0 Å². The Morgan fingerprint density at radius 2 is 2.38 bits per heavy atom. The third-order valence-corrected chi connectivity index (χ3v) is 2.44. The zero-order valence-electron chi connectivity index (χ0n) is 8.56. The summed E-state index contributed by atoms with van der Waals surface area (Å²) in [6.07, 6.45) is 3.69. The molecule has 1 atom stereocenters. The topological polar surface area (TPSA) is 38.3 Å². The van der Waals surface area contributed by atoms with Gasteiger partial charge in [-0.05, 0) is 26.2 Å². The summed E-state index contributed by atoms with van der Waals surface area (Å²) < 4.78 is 5.55. The van der Waals surface area contributed by atoms with Gasteiger partial charge in [-0.3, -0.25) is 4.79 Å². The maximum atomic E-state index is 11.2. The van der Waals surface area contributed by atoms with Crippen LogP contribution in [0.2, 0.25) is 0 Å². The van der Waals surface area contributed by atoms with Crippen LogP contribution in [-0.2, 0) is 9.53 Å². The average molecular weight is 185 g/mol. The van der Waals surface area contributed by atoms with Crippen molar-refractivity contribution in [1.82, 2.24) is 5.32 Å². The highest BCUT2D eigenvalue weighted by atomic mass is 16.5. The molecular formula is C10H19NO2. The normalized spacial score (nSPS) is 27.5. The molecule has 1 aliphatic rings. The van der Waals surface area contributed by atoms with Gasteiger partial charge < -0.3 is 10.1 Å². The zero-order valence-corrected chi connectivity index (χ0v) is 8.56. The molecule has 1 rings (SSSR count). The van der Waals surface area contributed by atoms with Gasteiger partial charge in [0, 0.05) is 19.6 Å². The number of hydrogen-bond donors (Lipinski definition) is 1. The van der Waals surface area contributed by atoms with Crippen LogP contribution in [0.1, 0.15) is 39.5 Å². The van der Waals surface area contributed by atoms with Crippen LogP contribution < -0.4 is 5.32 Å². The van der Waals surface area contributed by atoms with E-state index in [1.54, 1.807) is 0 Å². The smallest absolute Gasteiger partial charge is 0.220 e. The van der Waals surface area contributed by atoms with Gasteiger partial charge in [0.15, 0.2) is 0 Å². The second kappa shape index (κ2) is 4.61. The summed E-state index contributed by atoms with van der Waals surface area (Å²) >= 11 is 0. The van der Waals surface area contributed by atoms with Crippen molar-refractivity contribution in [2.24, 2.45) is 0 Å². The molecule has 1 saturated heterocycles. The van der Waals surface area contributed by atoms with Crippen LogP contribution in [-0.4, -0.2) is 24.7 Å². The van der Waals surface area contributed by atoms with Gasteiger partial charge in [-0.15, -0.1) is 0 Å². The van der Waals surface area contributed by atoms with Gasteiger partial charge in [0.2, 0.25) is 5.91 Å². The second-order valence-corrected chi connectivity index (χ2v) is 3.93. The van der Waals surface area contributed by atoms with Crippen molar-refractivity contribution in [2.75, 3.05) is 13.2 Å². The number of ether oxygens (including phenoxy) is 1. The molecular weight excluding hydrogens is 166 g/mol. The lowest BCUT2D eigenvalue weighted by Gasteiger charge is -2.23. The van der Waals surface area contributed by atoms with Crippen molar-refractivity contribution < 1.29 is 9.53 Å². The summed E-state index contributed by atoms with van der Waals surface area (Å²) in [6.45, 7) is 5.56. The largest absolute Gasteiger partial charge is 0.373 e. The first kappa shape index (κ1) is 10.5. The van der Waals surface area contributed by atoms with E-state index in [0.29, 0.717) is 13.0 Å². The van der Waals surface area contributed by atoms with E-state index in [9.17, 15) is 4.79 Å². The number of nitrogens with one attached hydrogen (secondary N) is 1. The maximum absolute atomic E-state index is 11.2. The molecule has 1 fully saturated rings. The lowest BCUT2D eigenvalue weighted by atomic mass is 10.0. The lowest BCUT2D eigenvalue weighted by molar-refractivity contribution is -0.122. The van der Waals surface area contributed by atoms with E-state index < -0.39 is 0 Å². The molecule has 0 aromatic rings. The van der Waals surface area contributed by atoms with Gasteiger partial charge in [-0.1, -0.05) is 6.92 Å². The van der Waals surface area contributed by atoms with E-state index in [4.69, 9.17) is 4.74 Å². The minimum atomic E-state index is -0.108. The Morgan fingerprint density at radius 1 is 1.62 bits per heavy atom. The molecule has 1 aliphatic heterocycles. The maximum Gasteiger partial charge on any atom is 0.220 e. The number of amides is 1. The second-order valence-electron chi connectivity index (χ2n) is 3.93. The van der Waals surface area contributed by atoms with Gasteiger partial charge in [-0.2, -0.15) is 0 Å². The number of hydrogen-bond acceptors (Lipinski definition) is 2. The fraction of sp³-hybridized carbons (Fsp3) is 0.900. The molecule has 1 amide bonds. The van der Waals surface area contributed by atoms with Gasteiger partial charge in [0.05, 0.1) is 5.60 Å². The highest BCUT2D eigenvalue weighted by Gasteiger charge is 2.29. The molecule has 0 radical (unpaired) electrons. The van der Waals surface area contributed by atoms with Gasteiger partial charge in [0.25, 0.3) is 0 Å². The van der Waals surface area contributed by atoms with Gasteiger partial charge in [0.1, 0.15) is 0 Å². The summed E-state index contributed by atoms with van der Waals surface area (Å²) in [7, 11) is 0. The lowest BCUT2D eigenvalue weighted by Crippen LogP contribution is -2.39. The van der Waals surface area contributed by atoms with Crippen LogP contribution in [0.4, 0.5) is 0 Å². The van der Waals surface area contributed by atoms with Gasteiger partial charge >= 0.3 is 0 Å². The SMILES string of the molecule is CCCC(=O)NCC1(C)CCCO1. The minimum absolute atomic E-state index is 0.108. The molecule has 0 aromatic carbocycles. The summed E-state index contributed by atoms with van der Waals surface area (Å²) in [4.78, 5) is 11.2. The highest BCUT2D eigenvalue weighted by Crippen LogP contribution is 2.23. The van der Waals surface area contributed by atoms with Crippen LogP contribution in [0.5, 0.6) is 0 Å². The fourth-order valence-corrected chi connectivity index (χ4v) is 1.58. The third kappa shape index (κ3) is 3.35. The molecule has 1 heterocycles. The Hall–Kier alpha value is -0.570. The standard InChI is InChI=1S/C10H19NO2/c1-3-5-9(12)11-8-10(2)6-4-7-13-10/h3-8H2,1-2H3,(H,11,12). The quantitative estimate of drug-likeness (QED) is 0.720. The van der Waals surface area contributed by atoms with Crippen LogP contribution >= 0.6 is 0 Å². The average Bonchev–Trinajstić information content (AvgIpc) is 2.51. The highest BCUT2D eigenvalue weighted by molar-refractivity contribution is 5.75. The van der Waals surface area contributed by atoms with Crippen molar-refractivity contribution in [2.45, 2.75) is 45.1 Å². The van der Waals surface area contributed by atoms with Crippen LogP contribution in [0, 0.1) is 0 Å². The van der Waals surface area contributed by atoms with E-state index in [1.165, 1.54) is 0 Å². The van der Waals surface area contributed by atoms with E-state index in [1.807, 2.05) is 6.92 Å². The Balaban J connectivity index is 2.21. The molecule has 3 heteroatoms. The molecule has 1 N–H and O–H groups in total. The Labute approximate surface area is 79.8 Å². The van der Waals surface area contributed by atoms with Crippen LogP contribution in [0.3, 0.4) is 0 Å². The van der Waals surface area contributed by atoms with E-state index in [0.717, 1.165) is 25.9 Å². The Bertz CT molecular complexity index is 174. The first-order valence-electron chi connectivity index (χ1n) is 5.07. The summed E-state index contributed by atoms with van der Waals surface area (Å²) in [6, 6.07) is 0.